The molecule has 4 rings (SSSR count). The molecule has 0 bridgehead atoms. The molecule has 3 aromatic carbocycles. The van der Waals surface area contributed by atoms with Gasteiger partial charge in [-0.1, -0.05) is 17.7 Å². The molecule has 8 nitrogen and oxygen atoms in total. The Morgan fingerprint density at radius 1 is 1.05 bits per heavy atom. The summed E-state index contributed by atoms with van der Waals surface area (Å²) in [5, 5.41) is 9.73. The average Bonchev–Trinajstić information content (AvgIpc) is 2.83. The van der Waals surface area contributed by atoms with Crippen molar-refractivity contribution in [1.82, 2.24) is 9.03 Å². The second kappa shape index (κ2) is 10.8. The van der Waals surface area contributed by atoms with Crippen LogP contribution in [0, 0.1) is 24.1 Å². The second-order valence-electron chi connectivity index (χ2n) is 8.60. The first-order valence-corrected chi connectivity index (χ1v) is 14.6. The highest BCUT2D eigenvalue weighted by atomic mass is 35.5. The summed E-state index contributed by atoms with van der Waals surface area (Å²) < 4.78 is 75.6. The Morgan fingerprint density at radius 2 is 1.78 bits per heavy atom. The van der Waals surface area contributed by atoms with Crippen LogP contribution < -0.4 is 9.46 Å². The normalized spacial score (nSPS) is 15.3. The van der Waals surface area contributed by atoms with Crippen molar-refractivity contribution in [2.45, 2.75) is 35.6 Å². The molecule has 0 saturated carbocycles. The lowest BCUT2D eigenvalue weighted by molar-refractivity contribution is 0.308. The first kappa shape index (κ1) is 27.0. The zero-order valence-corrected chi connectivity index (χ0v) is 22.1. The van der Waals surface area contributed by atoms with Crippen LogP contribution >= 0.6 is 11.6 Å². The van der Waals surface area contributed by atoms with Crippen LogP contribution in [0.1, 0.15) is 24.0 Å². The summed E-state index contributed by atoms with van der Waals surface area (Å²) >= 11 is 6.09. The third-order valence-electron chi connectivity index (χ3n) is 5.82. The molecule has 12 heteroatoms. The van der Waals surface area contributed by atoms with E-state index in [1.165, 1.54) is 34.6 Å². The van der Waals surface area contributed by atoms with Gasteiger partial charge in [0.15, 0.2) is 0 Å². The second-order valence-corrected chi connectivity index (χ2v) is 12.7. The van der Waals surface area contributed by atoms with E-state index >= 15 is 0 Å². The summed E-state index contributed by atoms with van der Waals surface area (Å²) in [5.74, 6) is -0.310. The van der Waals surface area contributed by atoms with Crippen LogP contribution in [0.25, 0.3) is 0 Å². The molecule has 0 aromatic heterocycles. The van der Waals surface area contributed by atoms with Gasteiger partial charge in [-0.25, -0.2) is 25.9 Å². The number of ether oxygens (including phenoxy) is 1. The minimum Gasteiger partial charge on any atom is -0.456 e. The standard InChI is InChI=1S/C25H23ClFN3O5S2/c1-17-11-19(26)14-22(12-17)35-24-6-5-18(16-28)13-25(24)36(31,32)29-21-7-9-30(10-8-21)37(33,34)23-4-2-3-20(27)15-23/h2-6,11-15,21,29H,7-10H2,1H3. The number of aryl methyl sites for hydroxylation is 1. The van der Waals surface area contributed by atoms with Crippen molar-refractivity contribution in [2.75, 3.05) is 13.1 Å². The number of hydrogen-bond donors (Lipinski definition) is 1. The fourth-order valence-corrected chi connectivity index (χ4v) is 7.27. The lowest BCUT2D eigenvalue weighted by Crippen LogP contribution is -2.46. The van der Waals surface area contributed by atoms with Gasteiger partial charge >= 0.3 is 0 Å². The summed E-state index contributed by atoms with van der Waals surface area (Å²) in [6.45, 7) is 1.92. The predicted octanol–water partition coefficient (Wildman–Crippen LogP) is 4.58. The van der Waals surface area contributed by atoms with Crippen molar-refractivity contribution >= 4 is 31.6 Å². The maximum absolute atomic E-state index is 13.5. The van der Waals surface area contributed by atoms with E-state index in [-0.39, 0.29) is 47.0 Å². The predicted molar refractivity (Wildman–Crippen MR) is 136 cm³/mol. The third kappa shape index (κ3) is 6.29. The molecule has 1 aliphatic rings. The Labute approximate surface area is 220 Å². The summed E-state index contributed by atoms with van der Waals surface area (Å²) in [5.41, 5.74) is 0.949. The number of nitriles is 1. The van der Waals surface area contributed by atoms with Crippen LogP contribution in [0.15, 0.2) is 70.5 Å². The summed E-state index contributed by atoms with van der Waals surface area (Å²) in [4.78, 5) is -0.378. The number of halogens is 2. The van der Waals surface area contributed by atoms with Gasteiger partial charge in [-0.05, 0) is 79.9 Å². The lowest BCUT2D eigenvalue weighted by Gasteiger charge is -2.31. The van der Waals surface area contributed by atoms with E-state index in [9.17, 15) is 26.5 Å². The molecule has 1 saturated heterocycles. The van der Waals surface area contributed by atoms with E-state index < -0.39 is 31.9 Å². The van der Waals surface area contributed by atoms with Crippen molar-refractivity contribution in [3.05, 3.63) is 82.6 Å². The molecule has 194 valence electrons. The number of benzene rings is 3. The van der Waals surface area contributed by atoms with Crippen LogP contribution in [-0.4, -0.2) is 40.3 Å². The van der Waals surface area contributed by atoms with E-state index in [1.807, 2.05) is 13.0 Å². The van der Waals surface area contributed by atoms with Gasteiger partial charge in [-0.15, -0.1) is 0 Å². The highest BCUT2D eigenvalue weighted by molar-refractivity contribution is 7.89. The maximum atomic E-state index is 13.5. The Morgan fingerprint density at radius 3 is 2.43 bits per heavy atom. The molecule has 0 atom stereocenters. The van der Waals surface area contributed by atoms with Crippen molar-refractivity contribution in [2.24, 2.45) is 0 Å². The molecule has 1 N–H and O–H groups in total. The minimum absolute atomic E-state index is 0.0132. The summed E-state index contributed by atoms with van der Waals surface area (Å²) in [6, 6.07) is 15.2. The van der Waals surface area contributed by atoms with Crippen molar-refractivity contribution in [3.63, 3.8) is 0 Å². The Bertz CT molecular complexity index is 1560. The Kier molecular flexibility index (Phi) is 7.87. The van der Waals surface area contributed by atoms with Gasteiger partial charge in [-0.3, -0.25) is 0 Å². The quantitative estimate of drug-likeness (QED) is 0.449. The van der Waals surface area contributed by atoms with E-state index in [0.29, 0.717) is 10.8 Å². The molecule has 1 aliphatic heterocycles. The molecule has 0 spiro atoms. The van der Waals surface area contributed by atoms with Gasteiger partial charge in [-0.2, -0.15) is 9.57 Å². The monoisotopic (exact) mass is 563 g/mol. The van der Waals surface area contributed by atoms with Gasteiger partial charge in [0.1, 0.15) is 22.2 Å². The number of rotatable bonds is 7. The van der Waals surface area contributed by atoms with Crippen LogP contribution in [0.4, 0.5) is 4.39 Å². The molecule has 37 heavy (non-hydrogen) atoms. The van der Waals surface area contributed by atoms with E-state index in [0.717, 1.165) is 17.7 Å². The smallest absolute Gasteiger partial charge is 0.244 e. The van der Waals surface area contributed by atoms with Crippen molar-refractivity contribution in [3.8, 4) is 17.6 Å². The first-order valence-electron chi connectivity index (χ1n) is 11.3. The molecule has 0 unspecified atom stereocenters. The zero-order valence-electron chi connectivity index (χ0n) is 19.7. The Hall–Kier alpha value is -3.01. The van der Waals surface area contributed by atoms with Crippen LogP contribution in [0.3, 0.4) is 0 Å². The van der Waals surface area contributed by atoms with Gasteiger partial charge in [0, 0.05) is 24.2 Å². The molecule has 3 aromatic rings. The zero-order chi connectivity index (χ0) is 26.8. The van der Waals surface area contributed by atoms with Gasteiger partial charge in [0.25, 0.3) is 0 Å². The van der Waals surface area contributed by atoms with Gasteiger partial charge in [0.05, 0.1) is 16.5 Å². The molecule has 1 fully saturated rings. The van der Waals surface area contributed by atoms with Crippen molar-refractivity contribution in [1.29, 1.82) is 5.26 Å². The van der Waals surface area contributed by atoms with E-state index in [1.54, 1.807) is 18.2 Å². The highest BCUT2D eigenvalue weighted by Gasteiger charge is 2.32. The van der Waals surface area contributed by atoms with Gasteiger partial charge in [0.2, 0.25) is 20.0 Å². The SMILES string of the molecule is Cc1cc(Cl)cc(Oc2ccc(C#N)cc2S(=O)(=O)NC2CCN(S(=O)(=O)c3cccc(F)c3)CC2)c1. The molecule has 0 aliphatic carbocycles. The number of hydrogen-bond acceptors (Lipinski definition) is 6. The molecular formula is C25H23ClFN3O5S2. The highest BCUT2D eigenvalue weighted by Crippen LogP contribution is 2.32. The molecule has 0 radical (unpaired) electrons. The third-order valence-corrected chi connectivity index (χ3v) is 9.47. The molecular weight excluding hydrogens is 541 g/mol. The summed E-state index contributed by atoms with van der Waals surface area (Å²) in [7, 11) is -8.06. The average molecular weight is 564 g/mol. The maximum Gasteiger partial charge on any atom is 0.244 e. The fraction of sp³-hybridized carbons (Fsp3) is 0.240. The summed E-state index contributed by atoms with van der Waals surface area (Å²) in [6.07, 6.45) is 0.408. The van der Waals surface area contributed by atoms with Crippen LogP contribution in [-0.2, 0) is 20.0 Å². The van der Waals surface area contributed by atoms with Crippen LogP contribution in [0.2, 0.25) is 5.02 Å². The largest absolute Gasteiger partial charge is 0.456 e. The van der Waals surface area contributed by atoms with Crippen molar-refractivity contribution < 1.29 is 26.0 Å². The number of nitrogens with one attached hydrogen (secondary N) is 1. The molecule has 0 amide bonds. The van der Waals surface area contributed by atoms with Gasteiger partial charge < -0.3 is 4.74 Å². The number of piperidine rings is 1. The first-order chi connectivity index (χ1) is 17.5. The number of sulfonamides is 2. The van der Waals surface area contributed by atoms with E-state index in [2.05, 4.69) is 4.72 Å². The minimum atomic E-state index is -4.15. The fourth-order valence-electron chi connectivity index (χ4n) is 4.03. The van der Waals surface area contributed by atoms with E-state index in [4.69, 9.17) is 16.3 Å². The number of nitrogens with zero attached hydrogens (tertiary/aromatic N) is 2. The lowest BCUT2D eigenvalue weighted by atomic mass is 10.1. The Balaban J connectivity index is 1.52. The van der Waals surface area contributed by atoms with Crippen LogP contribution in [0.5, 0.6) is 11.5 Å². The molecule has 1 heterocycles. The topological polar surface area (TPSA) is 117 Å².